The lowest BCUT2D eigenvalue weighted by Crippen LogP contribution is -2.23. The SMILES string of the molecule is CN(Cc1cc(-c2cccnc2C#N)n(S(=O)(=O)c2ccccc2C#N)c1)C(=O)O. The largest absolute Gasteiger partial charge is 0.465 e. The lowest BCUT2D eigenvalue weighted by Gasteiger charge is -2.12. The van der Waals surface area contributed by atoms with E-state index in [0.717, 1.165) is 8.87 Å². The number of carbonyl (C=O) groups is 1. The van der Waals surface area contributed by atoms with Gasteiger partial charge in [-0.3, -0.25) is 0 Å². The number of rotatable bonds is 5. The Kier molecular flexibility index (Phi) is 5.54. The van der Waals surface area contributed by atoms with Gasteiger partial charge in [-0.1, -0.05) is 12.1 Å². The van der Waals surface area contributed by atoms with E-state index in [2.05, 4.69) is 4.98 Å². The number of benzene rings is 1. The molecule has 9 nitrogen and oxygen atoms in total. The van der Waals surface area contributed by atoms with Crippen molar-refractivity contribution in [2.24, 2.45) is 0 Å². The lowest BCUT2D eigenvalue weighted by molar-refractivity contribution is 0.154. The fraction of sp³-hybridized carbons (Fsp3) is 0.100. The van der Waals surface area contributed by atoms with Gasteiger partial charge in [0.25, 0.3) is 10.0 Å². The van der Waals surface area contributed by atoms with Crippen molar-refractivity contribution in [1.29, 1.82) is 10.5 Å². The molecule has 1 amide bonds. The third-order valence-corrected chi connectivity index (χ3v) is 6.05. The Morgan fingerprint density at radius 1 is 1.20 bits per heavy atom. The van der Waals surface area contributed by atoms with E-state index >= 15 is 0 Å². The number of hydrogen-bond donors (Lipinski definition) is 1. The van der Waals surface area contributed by atoms with E-state index in [4.69, 9.17) is 5.11 Å². The number of carboxylic acid groups (broad SMARTS) is 1. The maximum Gasteiger partial charge on any atom is 0.407 e. The van der Waals surface area contributed by atoms with E-state index < -0.39 is 16.1 Å². The zero-order chi connectivity index (χ0) is 21.9. The van der Waals surface area contributed by atoms with Crippen LogP contribution in [0.25, 0.3) is 11.3 Å². The molecule has 0 bridgehead atoms. The van der Waals surface area contributed by atoms with E-state index in [-0.39, 0.29) is 34.0 Å². The van der Waals surface area contributed by atoms with Crippen molar-refractivity contribution >= 4 is 16.1 Å². The van der Waals surface area contributed by atoms with Gasteiger partial charge in [-0.05, 0) is 35.9 Å². The van der Waals surface area contributed by atoms with Crippen LogP contribution in [0.3, 0.4) is 0 Å². The van der Waals surface area contributed by atoms with Crippen LogP contribution in [0, 0.1) is 22.7 Å². The highest BCUT2D eigenvalue weighted by molar-refractivity contribution is 7.90. The van der Waals surface area contributed by atoms with Crippen LogP contribution in [0.1, 0.15) is 16.8 Å². The summed E-state index contributed by atoms with van der Waals surface area (Å²) in [5, 5.41) is 27.9. The molecule has 1 aromatic carbocycles. The number of hydrogen-bond acceptors (Lipinski definition) is 6. The van der Waals surface area contributed by atoms with Gasteiger partial charge in [0.15, 0.2) is 0 Å². The summed E-state index contributed by atoms with van der Waals surface area (Å²) in [4.78, 5) is 15.9. The van der Waals surface area contributed by atoms with E-state index in [1.54, 1.807) is 18.2 Å². The molecule has 1 N–H and O–H groups in total. The normalized spacial score (nSPS) is 10.8. The Morgan fingerprint density at radius 2 is 1.93 bits per heavy atom. The Morgan fingerprint density at radius 3 is 2.60 bits per heavy atom. The highest BCUT2D eigenvalue weighted by atomic mass is 32.2. The predicted octanol–water partition coefficient (Wildman–Crippen LogP) is 2.64. The summed E-state index contributed by atoms with van der Waals surface area (Å²) in [5.74, 6) is 0. The molecular formula is C20H15N5O4S. The second-order valence-corrected chi connectivity index (χ2v) is 8.08. The van der Waals surface area contributed by atoms with Crippen molar-refractivity contribution in [1.82, 2.24) is 13.9 Å². The standard InChI is InChI=1S/C20H15N5O4S/c1-24(20(26)27)12-14-9-18(16-6-4-8-23-17(16)11-22)25(13-14)30(28,29)19-7-3-2-5-15(19)10-21/h2-9,13H,12H2,1H3,(H,26,27). The second kappa shape index (κ2) is 8.07. The van der Waals surface area contributed by atoms with Crippen molar-refractivity contribution in [2.45, 2.75) is 11.4 Å². The van der Waals surface area contributed by atoms with Crippen LogP contribution in [-0.4, -0.2) is 40.5 Å². The molecule has 0 aliphatic heterocycles. The molecule has 2 aromatic heterocycles. The maximum atomic E-state index is 13.4. The molecule has 3 rings (SSSR count). The van der Waals surface area contributed by atoms with Crippen LogP contribution in [0.15, 0.2) is 59.8 Å². The molecule has 0 radical (unpaired) electrons. The second-order valence-electron chi connectivity index (χ2n) is 6.29. The first-order chi connectivity index (χ1) is 14.3. The average Bonchev–Trinajstić information content (AvgIpc) is 3.18. The minimum absolute atomic E-state index is 0.0127. The van der Waals surface area contributed by atoms with E-state index in [1.807, 2.05) is 12.1 Å². The fourth-order valence-electron chi connectivity index (χ4n) is 2.91. The highest BCUT2D eigenvalue weighted by Crippen LogP contribution is 2.30. The van der Waals surface area contributed by atoms with Crippen LogP contribution < -0.4 is 0 Å². The van der Waals surface area contributed by atoms with E-state index in [1.165, 1.54) is 43.7 Å². The summed E-state index contributed by atoms with van der Waals surface area (Å²) >= 11 is 0. The summed E-state index contributed by atoms with van der Waals surface area (Å²) in [5.41, 5.74) is 0.774. The van der Waals surface area contributed by atoms with Gasteiger partial charge < -0.3 is 10.0 Å². The van der Waals surface area contributed by atoms with Gasteiger partial charge in [-0.15, -0.1) is 0 Å². The Balaban J connectivity index is 2.27. The minimum atomic E-state index is -4.23. The van der Waals surface area contributed by atoms with Crippen molar-refractivity contribution in [3.05, 3.63) is 71.7 Å². The van der Waals surface area contributed by atoms with Crippen LogP contribution in [0.5, 0.6) is 0 Å². The first-order valence-corrected chi connectivity index (χ1v) is 9.99. The first-order valence-electron chi connectivity index (χ1n) is 8.55. The minimum Gasteiger partial charge on any atom is -0.465 e. The molecule has 0 atom stereocenters. The molecular weight excluding hydrogens is 406 g/mol. The van der Waals surface area contributed by atoms with Gasteiger partial charge in [0, 0.05) is 25.0 Å². The number of amides is 1. The smallest absolute Gasteiger partial charge is 0.407 e. The maximum absolute atomic E-state index is 13.4. The number of nitriles is 2. The summed E-state index contributed by atoms with van der Waals surface area (Å²) < 4.78 is 27.8. The van der Waals surface area contributed by atoms with Crippen LogP contribution in [0.4, 0.5) is 4.79 Å². The van der Waals surface area contributed by atoms with E-state index in [9.17, 15) is 23.7 Å². The van der Waals surface area contributed by atoms with Gasteiger partial charge in [-0.2, -0.15) is 10.5 Å². The topological polar surface area (TPSA) is 140 Å². The molecule has 2 heterocycles. The Labute approximate surface area is 172 Å². The first kappa shape index (κ1) is 20.6. The fourth-order valence-corrected chi connectivity index (χ4v) is 4.45. The molecule has 0 aliphatic carbocycles. The third-order valence-electron chi connectivity index (χ3n) is 4.32. The molecule has 0 unspecified atom stereocenters. The monoisotopic (exact) mass is 421 g/mol. The number of aromatic nitrogens is 2. The zero-order valence-electron chi connectivity index (χ0n) is 15.7. The molecule has 0 saturated heterocycles. The van der Waals surface area contributed by atoms with Crippen LogP contribution >= 0.6 is 0 Å². The van der Waals surface area contributed by atoms with Gasteiger partial charge in [0.05, 0.1) is 17.8 Å². The summed E-state index contributed by atoms with van der Waals surface area (Å²) in [6.07, 6.45) is 1.52. The molecule has 0 aliphatic rings. The van der Waals surface area contributed by atoms with E-state index in [0.29, 0.717) is 5.56 Å². The highest BCUT2D eigenvalue weighted by Gasteiger charge is 2.26. The van der Waals surface area contributed by atoms with Crippen molar-refractivity contribution in [3.8, 4) is 23.4 Å². The molecule has 150 valence electrons. The number of pyridine rings is 1. The van der Waals surface area contributed by atoms with Crippen LogP contribution in [-0.2, 0) is 16.6 Å². The van der Waals surface area contributed by atoms with Gasteiger partial charge in [0.2, 0.25) is 0 Å². The molecule has 0 fully saturated rings. The summed E-state index contributed by atoms with van der Waals surface area (Å²) in [6, 6.07) is 14.1. The summed E-state index contributed by atoms with van der Waals surface area (Å²) in [7, 11) is -2.88. The third kappa shape index (κ3) is 3.72. The van der Waals surface area contributed by atoms with Gasteiger partial charge in [0.1, 0.15) is 22.7 Å². The van der Waals surface area contributed by atoms with Crippen molar-refractivity contribution in [3.63, 3.8) is 0 Å². The predicted molar refractivity (Wildman–Crippen MR) is 106 cm³/mol. The van der Waals surface area contributed by atoms with Crippen LogP contribution in [0.2, 0.25) is 0 Å². The Bertz CT molecular complexity index is 1320. The molecule has 3 aromatic rings. The quantitative estimate of drug-likeness (QED) is 0.668. The molecule has 10 heteroatoms. The van der Waals surface area contributed by atoms with Crippen molar-refractivity contribution < 1.29 is 18.3 Å². The van der Waals surface area contributed by atoms with Crippen molar-refractivity contribution in [2.75, 3.05) is 7.05 Å². The van der Waals surface area contributed by atoms with Gasteiger partial charge >= 0.3 is 6.09 Å². The average molecular weight is 421 g/mol. The molecule has 0 saturated carbocycles. The zero-order valence-corrected chi connectivity index (χ0v) is 16.5. The summed E-state index contributed by atoms with van der Waals surface area (Å²) in [6.45, 7) is -0.0765. The molecule has 30 heavy (non-hydrogen) atoms. The molecule has 0 spiro atoms. The lowest BCUT2D eigenvalue weighted by atomic mass is 10.1. The number of nitrogens with zero attached hydrogens (tertiary/aromatic N) is 5. The Hall–Kier alpha value is -4.15. The van der Waals surface area contributed by atoms with Gasteiger partial charge in [-0.25, -0.2) is 22.2 Å².